The van der Waals surface area contributed by atoms with Crippen molar-refractivity contribution in [3.63, 3.8) is 0 Å². The van der Waals surface area contributed by atoms with Crippen LogP contribution in [-0.4, -0.2) is 51.3 Å². The molecule has 0 spiro atoms. The van der Waals surface area contributed by atoms with Crippen molar-refractivity contribution in [1.29, 1.82) is 0 Å². The molecule has 2 fully saturated rings. The van der Waals surface area contributed by atoms with Crippen LogP contribution in [0.5, 0.6) is 0 Å². The normalized spacial score (nSPS) is 40.1. The fraction of sp³-hybridized carbons (Fsp3) is 1.00. The first-order valence-electron chi connectivity index (χ1n) is 5.38. The van der Waals surface area contributed by atoms with Crippen molar-refractivity contribution >= 4 is 15.9 Å². The molecule has 0 amide bonds. The van der Waals surface area contributed by atoms with Crippen molar-refractivity contribution in [3.05, 3.63) is 0 Å². The Kier molecular flexibility index (Phi) is 3.47. The van der Waals surface area contributed by atoms with Gasteiger partial charge in [-0.15, -0.1) is 0 Å². The molecular weight excluding hydrogens is 246 g/mol. The van der Waals surface area contributed by atoms with Crippen molar-refractivity contribution in [2.45, 2.75) is 50.0 Å². The number of aliphatic hydroxyl groups excluding tert-OH is 2. The first-order valence-corrected chi connectivity index (χ1v) is 6.50. The van der Waals surface area contributed by atoms with Crippen molar-refractivity contribution in [1.82, 2.24) is 4.90 Å². The minimum Gasteiger partial charge on any atom is -0.393 e. The lowest BCUT2D eigenvalue weighted by atomic mass is 9.99. The molecule has 2 aliphatic rings. The summed E-state index contributed by atoms with van der Waals surface area (Å²) in [6.45, 7) is 0.757. The average Bonchev–Trinajstić information content (AvgIpc) is 2.41. The monoisotopic (exact) mass is 263 g/mol. The Bertz CT molecular complexity index is 189. The van der Waals surface area contributed by atoms with Gasteiger partial charge in [-0.3, -0.25) is 4.90 Å². The highest BCUT2D eigenvalue weighted by Gasteiger charge is 2.40. The number of halogens is 1. The fourth-order valence-corrected chi connectivity index (χ4v) is 3.04. The van der Waals surface area contributed by atoms with Crippen LogP contribution in [0.25, 0.3) is 0 Å². The van der Waals surface area contributed by atoms with Crippen LogP contribution >= 0.6 is 15.9 Å². The molecule has 2 N–H and O–H groups in total. The summed E-state index contributed by atoms with van der Waals surface area (Å²) >= 11 is 3.29. The molecule has 3 unspecified atom stereocenters. The smallest absolute Gasteiger partial charge is 0.0763 e. The lowest BCUT2D eigenvalue weighted by Crippen LogP contribution is -2.48. The Labute approximate surface area is 93.2 Å². The molecule has 3 nitrogen and oxygen atoms in total. The summed E-state index contributed by atoms with van der Waals surface area (Å²) in [7, 11) is 0. The molecule has 0 radical (unpaired) electrons. The lowest BCUT2D eigenvalue weighted by molar-refractivity contribution is 0.0132. The Hall–Kier alpha value is 0.360. The van der Waals surface area contributed by atoms with Crippen molar-refractivity contribution < 1.29 is 10.2 Å². The van der Waals surface area contributed by atoms with Crippen LogP contribution < -0.4 is 0 Å². The van der Waals surface area contributed by atoms with Crippen LogP contribution in [0.1, 0.15) is 25.7 Å². The highest BCUT2D eigenvalue weighted by atomic mass is 79.9. The third-order valence-electron chi connectivity index (χ3n) is 3.46. The van der Waals surface area contributed by atoms with Crippen molar-refractivity contribution in [2.24, 2.45) is 0 Å². The van der Waals surface area contributed by atoms with Gasteiger partial charge in [-0.25, -0.2) is 0 Å². The maximum Gasteiger partial charge on any atom is 0.0763 e. The van der Waals surface area contributed by atoms with Crippen LogP contribution in [0.3, 0.4) is 0 Å². The van der Waals surface area contributed by atoms with Gasteiger partial charge in [0.1, 0.15) is 0 Å². The summed E-state index contributed by atoms with van der Waals surface area (Å²) in [5, 5.41) is 19.8. The first-order chi connectivity index (χ1) is 6.70. The van der Waals surface area contributed by atoms with E-state index in [0.29, 0.717) is 17.4 Å². The number of piperidine rings is 1. The van der Waals surface area contributed by atoms with Crippen LogP contribution in [0.2, 0.25) is 0 Å². The number of aliphatic hydroxyl groups is 2. The zero-order chi connectivity index (χ0) is 10.1. The van der Waals surface area contributed by atoms with E-state index in [-0.39, 0.29) is 12.2 Å². The topological polar surface area (TPSA) is 43.7 Å². The van der Waals surface area contributed by atoms with Crippen LogP contribution in [-0.2, 0) is 0 Å². The van der Waals surface area contributed by atoms with Crippen molar-refractivity contribution in [3.8, 4) is 0 Å². The molecule has 2 rings (SSSR count). The second-order valence-corrected chi connectivity index (χ2v) is 5.16. The average molecular weight is 264 g/mol. The molecule has 2 heterocycles. The van der Waals surface area contributed by atoms with E-state index in [0.717, 1.165) is 19.4 Å². The molecule has 0 aromatic rings. The number of nitrogens with zero attached hydrogens (tertiary/aromatic N) is 1. The minimum absolute atomic E-state index is 0.107. The second-order valence-electron chi connectivity index (χ2n) is 4.52. The summed E-state index contributed by atoms with van der Waals surface area (Å²) in [5.74, 6) is 0. The maximum absolute atomic E-state index is 9.60. The number of hydrogen-bond acceptors (Lipinski definition) is 3. The first kappa shape index (κ1) is 10.9. The minimum atomic E-state index is -0.270. The molecule has 2 aliphatic heterocycles. The third-order valence-corrected chi connectivity index (χ3v) is 4.21. The Balaban J connectivity index is 1.94. The number of fused-ring (bicyclic) bond motifs is 2. The summed E-state index contributed by atoms with van der Waals surface area (Å²) in [6, 6.07) is 1.02. The van der Waals surface area contributed by atoms with Gasteiger partial charge in [0.25, 0.3) is 0 Å². The molecular formula is C10H18BrNO2. The molecule has 0 aromatic carbocycles. The van der Waals surface area contributed by atoms with Gasteiger partial charge >= 0.3 is 0 Å². The predicted octanol–water partition coefficient (Wildman–Crippen LogP) is 0.730. The Morgan fingerprint density at radius 2 is 1.86 bits per heavy atom. The lowest BCUT2D eigenvalue weighted by Gasteiger charge is -2.38. The third kappa shape index (κ3) is 2.13. The summed E-state index contributed by atoms with van der Waals surface area (Å²) in [4.78, 5) is 2.39. The maximum atomic E-state index is 9.60. The quantitative estimate of drug-likeness (QED) is 0.739. The van der Waals surface area contributed by atoms with E-state index in [9.17, 15) is 10.2 Å². The summed E-state index contributed by atoms with van der Waals surface area (Å²) in [5.41, 5.74) is 0. The molecule has 3 atom stereocenters. The number of alkyl halides is 1. The van der Waals surface area contributed by atoms with Gasteiger partial charge in [0.05, 0.1) is 12.2 Å². The zero-order valence-corrected chi connectivity index (χ0v) is 9.86. The van der Waals surface area contributed by atoms with Crippen molar-refractivity contribution in [2.75, 3.05) is 11.9 Å². The number of hydrogen-bond donors (Lipinski definition) is 2. The van der Waals surface area contributed by atoms with Crippen LogP contribution in [0.4, 0.5) is 0 Å². The van der Waals surface area contributed by atoms with Gasteiger partial charge in [0.15, 0.2) is 0 Å². The van der Waals surface area contributed by atoms with E-state index in [1.54, 1.807) is 0 Å². The van der Waals surface area contributed by atoms with E-state index in [2.05, 4.69) is 20.8 Å². The Morgan fingerprint density at radius 1 is 1.29 bits per heavy atom. The molecule has 0 aromatic heterocycles. The zero-order valence-electron chi connectivity index (χ0n) is 8.27. The highest BCUT2D eigenvalue weighted by molar-refractivity contribution is 9.09. The number of rotatable bonds is 3. The van der Waals surface area contributed by atoms with Crippen LogP contribution in [0.15, 0.2) is 0 Å². The van der Waals surface area contributed by atoms with E-state index >= 15 is 0 Å². The van der Waals surface area contributed by atoms with Gasteiger partial charge in [-0.1, -0.05) is 15.9 Å². The molecule has 2 saturated heterocycles. The molecule has 2 bridgehead atoms. The molecule has 82 valence electrons. The largest absolute Gasteiger partial charge is 0.393 e. The summed E-state index contributed by atoms with van der Waals surface area (Å²) < 4.78 is 0. The van der Waals surface area contributed by atoms with Crippen LogP contribution in [0, 0.1) is 0 Å². The SMILES string of the molecule is OC1CC2CCC(C1)N2CC(O)CBr. The van der Waals surface area contributed by atoms with Gasteiger partial charge in [-0.05, 0) is 25.7 Å². The van der Waals surface area contributed by atoms with E-state index in [4.69, 9.17) is 0 Å². The van der Waals surface area contributed by atoms with E-state index < -0.39 is 0 Å². The van der Waals surface area contributed by atoms with E-state index in [1.165, 1.54) is 12.8 Å². The van der Waals surface area contributed by atoms with Gasteiger partial charge in [0.2, 0.25) is 0 Å². The second kappa shape index (κ2) is 4.47. The van der Waals surface area contributed by atoms with Gasteiger partial charge in [-0.2, -0.15) is 0 Å². The molecule has 4 heteroatoms. The summed E-state index contributed by atoms with van der Waals surface area (Å²) in [6.07, 6.45) is 3.79. The van der Waals surface area contributed by atoms with Gasteiger partial charge in [0, 0.05) is 24.0 Å². The fourth-order valence-electron chi connectivity index (χ4n) is 2.84. The molecule has 14 heavy (non-hydrogen) atoms. The van der Waals surface area contributed by atoms with Gasteiger partial charge < -0.3 is 10.2 Å². The highest BCUT2D eigenvalue weighted by Crippen LogP contribution is 2.35. The standard InChI is InChI=1S/C10H18BrNO2/c11-5-10(14)6-12-7-1-2-8(12)4-9(13)3-7/h7-10,13-14H,1-6H2. The predicted molar refractivity (Wildman–Crippen MR) is 58.6 cm³/mol. The molecule has 0 saturated carbocycles. The van der Waals surface area contributed by atoms with E-state index in [1.807, 2.05) is 0 Å². The molecule has 0 aliphatic carbocycles. The Morgan fingerprint density at radius 3 is 2.36 bits per heavy atom.